The van der Waals surface area contributed by atoms with Crippen molar-refractivity contribution in [3.8, 4) is 0 Å². The zero-order valence-corrected chi connectivity index (χ0v) is 15.7. The topological polar surface area (TPSA) is 49.3 Å². The second-order valence-corrected chi connectivity index (χ2v) is 7.26. The van der Waals surface area contributed by atoms with Gasteiger partial charge in [0.05, 0.1) is 6.04 Å². The molecule has 0 saturated carbocycles. The third-order valence-corrected chi connectivity index (χ3v) is 4.90. The Balaban J connectivity index is 1.83. The molecule has 5 nitrogen and oxygen atoms in total. The van der Waals surface area contributed by atoms with Gasteiger partial charge in [-0.3, -0.25) is 4.79 Å². The first-order chi connectivity index (χ1) is 12.4. The molecule has 1 atom stereocenters. The molecule has 2 heterocycles. The van der Waals surface area contributed by atoms with E-state index in [4.69, 9.17) is 11.6 Å². The Morgan fingerprint density at radius 3 is 2.54 bits per heavy atom. The Morgan fingerprint density at radius 1 is 1.19 bits per heavy atom. The number of halogens is 2. The van der Waals surface area contributed by atoms with Crippen molar-refractivity contribution >= 4 is 23.3 Å². The molecule has 3 rings (SSSR count). The fraction of sp³-hybridized carbons (Fsp3) is 0.421. The van der Waals surface area contributed by atoms with E-state index < -0.39 is 0 Å². The summed E-state index contributed by atoms with van der Waals surface area (Å²) in [7, 11) is 0. The van der Waals surface area contributed by atoms with E-state index in [-0.39, 0.29) is 23.7 Å². The van der Waals surface area contributed by atoms with Crippen molar-refractivity contribution in [3.63, 3.8) is 0 Å². The third-order valence-electron chi connectivity index (χ3n) is 4.70. The molecule has 0 aliphatic carbocycles. The highest BCUT2D eigenvalue weighted by Gasteiger charge is 2.32. The lowest BCUT2D eigenvalue weighted by Gasteiger charge is -2.35. The van der Waals surface area contributed by atoms with Gasteiger partial charge in [-0.15, -0.1) is 10.2 Å². The molecule has 1 saturated heterocycles. The Bertz CT molecular complexity index is 751. The van der Waals surface area contributed by atoms with E-state index in [0.29, 0.717) is 31.2 Å². The number of carbonyl (C=O) groups is 1. The summed E-state index contributed by atoms with van der Waals surface area (Å²) in [5.41, 5.74) is 0.921. The number of aromatic nitrogens is 2. The summed E-state index contributed by atoms with van der Waals surface area (Å²) in [4.78, 5) is 16.8. The van der Waals surface area contributed by atoms with Crippen LogP contribution in [0.1, 0.15) is 25.8 Å². The van der Waals surface area contributed by atoms with Crippen molar-refractivity contribution in [3.05, 3.63) is 52.9 Å². The Hall–Kier alpha value is -2.21. The molecular weight excluding hydrogens is 355 g/mol. The van der Waals surface area contributed by atoms with Gasteiger partial charge in [-0.2, -0.15) is 0 Å². The van der Waals surface area contributed by atoms with Crippen molar-refractivity contribution in [2.75, 3.05) is 18.0 Å². The summed E-state index contributed by atoms with van der Waals surface area (Å²) >= 11 is 5.83. The summed E-state index contributed by atoms with van der Waals surface area (Å²) in [6, 6.07) is 9.87. The summed E-state index contributed by atoms with van der Waals surface area (Å²) in [6.07, 6.45) is 0.398. The molecule has 1 aromatic carbocycles. The predicted molar refractivity (Wildman–Crippen MR) is 99.4 cm³/mol. The maximum atomic E-state index is 13.2. The van der Waals surface area contributed by atoms with Gasteiger partial charge in [-0.1, -0.05) is 37.6 Å². The summed E-state index contributed by atoms with van der Waals surface area (Å²) in [6.45, 7) is 5.93. The number of amides is 1. The molecule has 1 fully saturated rings. The fourth-order valence-corrected chi connectivity index (χ4v) is 3.32. The van der Waals surface area contributed by atoms with E-state index >= 15 is 0 Å². The molecule has 1 unspecified atom stereocenters. The maximum absolute atomic E-state index is 13.2. The molecule has 0 spiro atoms. The number of carbonyl (C=O) groups excluding carboxylic acids is 1. The summed E-state index contributed by atoms with van der Waals surface area (Å²) < 4.78 is 13.2. The van der Waals surface area contributed by atoms with Crippen LogP contribution in [0.4, 0.5) is 10.2 Å². The highest BCUT2D eigenvalue weighted by molar-refractivity contribution is 6.29. The molecular formula is C19H22ClFN4O. The normalized spacial score (nSPS) is 18.3. The fourth-order valence-electron chi connectivity index (χ4n) is 3.22. The van der Waals surface area contributed by atoms with Crippen LogP contribution >= 0.6 is 11.6 Å². The van der Waals surface area contributed by atoms with Gasteiger partial charge in [-0.05, 0) is 35.7 Å². The van der Waals surface area contributed by atoms with E-state index in [9.17, 15) is 9.18 Å². The average Bonchev–Trinajstić information content (AvgIpc) is 2.78. The molecule has 1 amide bonds. The molecule has 0 bridgehead atoms. The largest absolute Gasteiger partial charge is 0.353 e. The highest BCUT2D eigenvalue weighted by Crippen LogP contribution is 2.24. The SMILES string of the molecule is CC(C)C1CN(c2ccc(Cl)nn2)CCC(=O)N1Cc1ccc(F)cc1. The van der Waals surface area contributed by atoms with E-state index in [1.54, 1.807) is 18.2 Å². The first-order valence-electron chi connectivity index (χ1n) is 8.72. The minimum atomic E-state index is -0.274. The van der Waals surface area contributed by atoms with E-state index in [0.717, 1.165) is 11.4 Å². The minimum absolute atomic E-state index is 0.0209. The van der Waals surface area contributed by atoms with Crippen LogP contribution in [0.25, 0.3) is 0 Å². The standard InChI is InChI=1S/C19H22ClFN4O/c1-13(2)16-12-24(18-8-7-17(20)22-23-18)10-9-19(26)25(16)11-14-3-5-15(21)6-4-14/h3-8,13,16H,9-12H2,1-2H3. The van der Waals surface area contributed by atoms with Gasteiger partial charge in [0.2, 0.25) is 5.91 Å². The van der Waals surface area contributed by atoms with Crippen LogP contribution in [-0.2, 0) is 11.3 Å². The predicted octanol–water partition coefficient (Wildman–Crippen LogP) is 3.53. The summed E-state index contributed by atoms with van der Waals surface area (Å²) in [5.74, 6) is 0.804. The first kappa shape index (κ1) is 18.6. The molecule has 138 valence electrons. The van der Waals surface area contributed by atoms with Crippen LogP contribution < -0.4 is 4.90 Å². The molecule has 26 heavy (non-hydrogen) atoms. The van der Waals surface area contributed by atoms with Crippen LogP contribution in [0.3, 0.4) is 0 Å². The average molecular weight is 377 g/mol. The van der Waals surface area contributed by atoms with Crippen LogP contribution in [0.15, 0.2) is 36.4 Å². The lowest BCUT2D eigenvalue weighted by atomic mass is 10.0. The van der Waals surface area contributed by atoms with Gasteiger partial charge >= 0.3 is 0 Å². The van der Waals surface area contributed by atoms with Crippen molar-refractivity contribution < 1.29 is 9.18 Å². The van der Waals surface area contributed by atoms with Crippen molar-refractivity contribution in [1.29, 1.82) is 0 Å². The Labute approximate surface area is 157 Å². The zero-order valence-electron chi connectivity index (χ0n) is 14.9. The zero-order chi connectivity index (χ0) is 18.7. The van der Waals surface area contributed by atoms with E-state index in [1.165, 1.54) is 12.1 Å². The van der Waals surface area contributed by atoms with Crippen LogP contribution in [0.5, 0.6) is 0 Å². The molecule has 0 N–H and O–H groups in total. The smallest absolute Gasteiger partial charge is 0.224 e. The van der Waals surface area contributed by atoms with Gasteiger partial charge in [0.1, 0.15) is 5.82 Å². The van der Waals surface area contributed by atoms with Crippen molar-refractivity contribution in [2.45, 2.75) is 32.9 Å². The van der Waals surface area contributed by atoms with Gasteiger partial charge in [0.15, 0.2) is 11.0 Å². The van der Waals surface area contributed by atoms with Gasteiger partial charge in [0, 0.05) is 26.1 Å². The monoisotopic (exact) mass is 376 g/mol. The summed E-state index contributed by atoms with van der Waals surface area (Å²) in [5, 5.41) is 8.41. The number of hydrogen-bond acceptors (Lipinski definition) is 4. The number of nitrogens with zero attached hydrogens (tertiary/aromatic N) is 4. The van der Waals surface area contributed by atoms with Gasteiger partial charge < -0.3 is 9.80 Å². The minimum Gasteiger partial charge on any atom is -0.353 e. The van der Waals surface area contributed by atoms with Gasteiger partial charge in [-0.25, -0.2) is 4.39 Å². The molecule has 1 aliphatic heterocycles. The van der Waals surface area contributed by atoms with Crippen LogP contribution in [0, 0.1) is 11.7 Å². The van der Waals surface area contributed by atoms with Gasteiger partial charge in [0.25, 0.3) is 0 Å². The number of benzene rings is 1. The van der Waals surface area contributed by atoms with E-state index in [1.807, 2.05) is 11.0 Å². The molecule has 1 aromatic heterocycles. The number of anilines is 1. The molecule has 1 aliphatic rings. The molecule has 2 aromatic rings. The van der Waals surface area contributed by atoms with Crippen LogP contribution in [0.2, 0.25) is 5.15 Å². The Kier molecular flexibility index (Phi) is 5.71. The number of hydrogen-bond donors (Lipinski definition) is 0. The maximum Gasteiger partial charge on any atom is 0.224 e. The van der Waals surface area contributed by atoms with Crippen LogP contribution in [-0.4, -0.2) is 40.1 Å². The van der Waals surface area contributed by atoms with E-state index in [2.05, 4.69) is 28.9 Å². The first-order valence-corrected chi connectivity index (χ1v) is 9.10. The second kappa shape index (κ2) is 7.99. The lowest BCUT2D eigenvalue weighted by molar-refractivity contribution is -0.134. The molecule has 7 heteroatoms. The Morgan fingerprint density at radius 2 is 1.92 bits per heavy atom. The van der Waals surface area contributed by atoms with Crippen molar-refractivity contribution in [1.82, 2.24) is 15.1 Å². The quantitative estimate of drug-likeness (QED) is 0.819. The lowest BCUT2D eigenvalue weighted by Crippen LogP contribution is -2.46. The molecule has 0 radical (unpaired) electrons. The number of rotatable bonds is 4. The second-order valence-electron chi connectivity index (χ2n) is 6.87. The third kappa shape index (κ3) is 4.30. The van der Waals surface area contributed by atoms with Crippen molar-refractivity contribution in [2.24, 2.45) is 5.92 Å². The highest BCUT2D eigenvalue weighted by atomic mass is 35.5.